The molecule has 3 rings (SSSR count). The van der Waals surface area contributed by atoms with E-state index < -0.39 is 17.9 Å². The monoisotopic (exact) mass is 554 g/mol. The SMILES string of the molecule is CCc1ccc(CCCCN(CCC(Nc2ncncc2Br)C(=O)O)C2CC(F)(F)C2)nc1NC. The van der Waals surface area contributed by atoms with Crippen LogP contribution < -0.4 is 10.6 Å². The number of hydrogen-bond donors (Lipinski definition) is 3. The molecule has 0 bridgehead atoms. The van der Waals surface area contributed by atoms with E-state index in [1.807, 2.05) is 18.0 Å². The molecule has 3 N–H and O–H groups in total. The van der Waals surface area contributed by atoms with E-state index in [0.29, 0.717) is 23.4 Å². The van der Waals surface area contributed by atoms with Crippen LogP contribution in [0.15, 0.2) is 29.1 Å². The molecule has 2 aromatic heterocycles. The number of aryl methyl sites for hydroxylation is 2. The summed E-state index contributed by atoms with van der Waals surface area (Å²) in [5.41, 5.74) is 2.17. The molecule has 1 aliphatic rings. The van der Waals surface area contributed by atoms with Crippen molar-refractivity contribution in [2.45, 2.75) is 69.9 Å². The summed E-state index contributed by atoms with van der Waals surface area (Å²) in [6.45, 7) is 3.13. The number of alkyl halides is 2. The molecule has 1 aliphatic carbocycles. The second-order valence-corrected chi connectivity index (χ2v) is 9.72. The molecule has 8 nitrogen and oxygen atoms in total. The number of anilines is 2. The Morgan fingerprint density at radius 1 is 1.29 bits per heavy atom. The average Bonchev–Trinajstić information content (AvgIpc) is 2.82. The standard InChI is InChI=1S/C24H33BrF2N6O2/c1-3-16-7-8-17(31-21(16)28-2)6-4-5-10-33(18-12-24(26,27)13-18)11-9-20(23(34)35)32-22-19(25)14-29-15-30-22/h7-8,14-15,18,20H,3-6,9-13H2,1-2H3,(H,28,31)(H,34,35)(H,29,30,32). The molecule has 192 valence electrons. The highest BCUT2D eigenvalue weighted by atomic mass is 79.9. The van der Waals surface area contributed by atoms with Crippen molar-refractivity contribution in [2.75, 3.05) is 30.8 Å². The van der Waals surface area contributed by atoms with Gasteiger partial charge in [0, 0.05) is 44.4 Å². The molecule has 0 spiro atoms. The van der Waals surface area contributed by atoms with Crippen molar-refractivity contribution < 1.29 is 18.7 Å². The topological polar surface area (TPSA) is 103 Å². The molecule has 0 aromatic carbocycles. The Morgan fingerprint density at radius 3 is 2.69 bits per heavy atom. The number of nitrogens with one attached hydrogen (secondary N) is 2. The first kappa shape index (κ1) is 27.2. The minimum Gasteiger partial charge on any atom is -0.480 e. The highest BCUT2D eigenvalue weighted by molar-refractivity contribution is 9.10. The lowest BCUT2D eigenvalue weighted by molar-refractivity contribution is -0.139. The summed E-state index contributed by atoms with van der Waals surface area (Å²) in [5.74, 6) is -2.37. The Kier molecular flexibility index (Phi) is 9.73. The maximum atomic E-state index is 13.6. The van der Waals surface area contributed by atoms with Crippen molar-refractivity contribution in [3.63, 3.8) is 0 Å². The van der Waals surface area contributed by atoms with Crippen molar-refractivity contribution in [3.8, 4) is 0 Å². The van der Waals surface area contributed by atoms with Crippen molar-refractivity contribution >= 4 is 33.5 Å². The van der Waals surface area contributed by atoms with Gasteiger partial charge in [0.1, 0.15) is 24.0 Å². The van der Waals surface area contributed by atoms with Crippen molar-refractivity contribution in [1.82, 2.24) is 19.9 Å². The minimum absolute atomic E-state index is 0.179. The predicted molar refractivity (Wildman–Crippen MR) is 135 cm³/mol. The lowest BCUT2D eigenvalue weighted by Crippen LogP contribution is -2.52. The van der Waals surface area contributed by atoms with E-state index in [0.717, 1.165) is 37.2 Å². The number of carboxylic acid groups (broad SMARTS) is 1. The molecule has 1 saturated carbocycles. The van der Waals surface area contributed by atoms with Crippen molar-refractivity contribution in [2.24, 2.45) is 0 Å². The first-order valence-electron chi connectivity index (χ1n) is 12.0. The fraction of sp³-hybridized carbons (Fsp3) is 0.583. The van der Waals surface area contributed by atoms with E-state index in [2.05, 4.69) is 54.5 Å². The van der Waals surface area contributed by atoms with E-state index in [1.165, 1.54) is 18.1 Å². The zero-order valence-electron chi connectivity index (χ0n) is 20.1. The number of carbonyl (C=O) groups is 1. The van der Waals surface area contributed by atoms with E-state index in [-0.39, 0.29) is 25.3 Å². The number of halogens is 3. The molecule has 11 heteroatoms. The second kappa shape index (κ2) is 12.5. The third-order valence-electron chi connectivity index (χ3n) is 6.35. The second-order valence-electron chi connectivity index (χ2n) is 8.87. The number of aromatic nitrogens is 3. The van der Waals surface area contributed by atoms with E-state index >= 15 is 0 Å². The zero-order chi connectivity index (χ0) is 25.4. The van der Waals surface area contributed by atoms with Crippen LogP contribution in [0, 0.1) is 0 Å². The van der Waals surface area contributed by atoms with Gasteiger partial charge >= 0.3 is 5.97 Å². The van der Waals surface area contributed by atoms with Gasteiger partial charge in [-0.25, -0.2) is 28.5 Å². The molecular formula is C24H33BrF2N6O2. The van der Waals surface area contributed by atoms with Gasteiger partial charge in [-0.2, -0.15) is 0 Å². The van der Waals surface area contributed by atoms with E-state index in [4.69, 9.17) is 0 Å². The van der Waals surface area contributed by atoms with Crippen LogP contribution in [0.5, 0.6) is 0 Å². The Balaban J connectivity index is 1.55. The van der Waals surface area contributed by atoms with Crippen LogP contribution in [0.25, 0.3) is 0 Å². The Hall–Kier alpha value is -2.40. The first-order chi connectivity index (χ1) is 16.7. The van der Waals surface area contributed by atoms with Crippen LogP contribution in [0.1, 0.15) is 50.3 Å². The summed E-state index contributed by atoms with van der Waals surface area (Å²) in [5, 5.41) is 15.7. The Morgan fingerprint density at radius 2 is 2.06 bits per heavy atom. The van der Waals surface area contributed by atoms with Crippen LogP contribution >= 0.6 is 15.9 Å². The molecule has 2 aromatic rings. The van der Waals surface area contributed by atoms with Crippen LogP contribution in [0.3, 0.4) is 0 Å². The fourth-order valence-corrected chi connectivity index (χ4v) is 4.63. The number of unbranched alkanes of at least 4 members (excludes halogenated alkanes) is 1. The number of carboxylic acids is 1. The molecule has 1 atom stereocenters. The average molecular weight is 555 g/mol. The molecular weight excluding hydrogens is 522 g/mol. The summed E-state index contributed by atoms with van der Waals surface area (Å²) < 4.78 is 27.7. The van der Waals surface area contributed by atoms with Gasteiger partial charge in [0.05, 0.1) is 4.47 Å². The molecule has 35 heavy (non-hydrogen) atoms. The van der Waals surface area contributed by atoms with Gasteiger partial charge in [0.15, 0.2) is 0 Å². The lowest BCUT2D eigenvalue weighted by atomic mass is 9.86. The van der Waals surface area contributed by atoms with E-state index in [9.17, 15) is 18.7 Å². The number of pyridine rings is 1. The molecule has 0 aliphatic heterocycles. The third-order valence-corrected chi connectivity index (χ3v) is 6.93. The van der Waals surface area contributed by atoms with Gasteiger partial charge in [-0.05, 0) is 66.2 Å². The first-order valence-corrected chi connectivity index (χ1v) is 12.7. The van der Waals surface area contributed by atoms with Gasteiger partial charge in [-0.1, -0.05) is 13.0 Å². The van der Waals surface area contributed by atoms with Gasteiger partial charge in [-0.15, -0.1) is 0 Å². The van der Waals surface area contributed by atoms with Crippen molar-refractivity contribution in [3.05, 3.63) is 40.4 Å². The van der Waals surface area contributed by atoms with Crippen LogP contribution in [0.2, 0.25) is 0 Å². The predicted octanol–water partition coefficient (Wildman–Crippen LogP) is 4.62. The minimum atomic E-state index is -2.63. The van der Waals surface area contributed by atoms with Gasteiger partial charge in [-0.3, -0.25) is 4.90 Å². The molecule has 0 radical (unpaired) electrons. The van der Waals surface area contributed by atoms with Gasteiger partial charge in [0.2, 0.25) is 0 Å². The Labute approximate surface area is 213 Å². The summed E-state index contributed by atoms with van der Waals surface area (Å²) in [7, 11) is 1.86. The Bertz CT molecular complexity index is 988. The smallest absolute Gasteiger partial charge is 0.326 e. The number of hydrogen-bond acceptors (Lipinski definition) is 7. The molecule has 1 fully saturated rings. The van der Waals surface area contributed by atoms with Gasteiger partial charge < -0.3 is 15.7 Å². The fourth-order valence-electron chi connectivity index (χ4n) is 4.29. The summed E-state index contributed by atoms with van der Waals surface area (Å²) in [6.07, 6.45) is 6.16. The molecule has 0 saturated heterocycles. The van der Waals surface area contributed by atoms with Crippen LogP contribution in [0.4, 0.5) is 20.4 Å². The van der Waals surface area contributed by atoms with Gasteiger partial charge in [0.25, 0.3) is 5.92 Å². The largest absolute Gasteiger partial charge is 0.480 e. The van der Waals surface area contributed by atoms with Crippen LogP contribution in [-0.2, 0) is 17.6 Å². The van der Waals surface area contributed by atoms with Crippen molar-refractivity contribution in [1.29, 1.82) is 0 Å². The highest BCUT2D eigenvalue weighted by Crippen LogP contribution is 2.40. The molecule has 1 unspecified atom stereocenters. The molecule has 0 amide bonds. The number of nitrogens with zero attached hydrogens (tertiary/aromatic N) is 4. The quantitative estimate of drug-likeness (QED) is 0.291. The highest BCUT2D eigenvalue weighted by Gasteiger charge is 2.47. The van der Waals surface area contributed by atoms with Crippen LogP contribution in [-0.4, -0.2) is 69.1 Å². The number of rotatable bonds is 14. The zero-order valence-corrected chi connectivity index (χ0v) is 21.7. The number of aliphatic carboxylic acids is 1. The van der Waals surface area contributed by atoms with E-state index in [1.54, 1.807) is 0 Å². The lowest BCUT2D eigenvalue weighted by Gasteiger charge is -2.43. The maximum Gasteiger partial charge on any atom is 0.326 e. The summed E-state index contributed by atoms with van der Waals surface area (Å²) >= 11 is 3.31. The maximum absolute atomic E-state index is 13.6. The summed E-state index contributed by atoms with van der Waals surface area (Å²) in [6, 6.07) is 3.00. The normalized spacial score (nSPS) is 16.1. The summed E-state index contributed by atoms with van der Waals surface area (Å²) in [4.78, 5) is 26.5. The third kappa shape index (κ3) is 7.79. The molecule has 2 heterocycles.